The lowest BCUT2D eigenvalue weighted by Gasteiger charge is -2.30. The number of aromatic nitrogens is 2. The molecule has 3 aliphatic rings. The molecule has 1 aromatic heterocycles. The second-order valence-corrected chi connectivity index (χ2v) is 19.2. The van der Waals surface area contributed by atoms with E-state index in [4.69, 9.17) is 14.5 Å². The molecule has 1 saturated heterocycles. The number of amides is 4. The first-order valence-electron chi connectivity index (χ1n) is 20.6. The van der Waals surface area contributed by atoms with Crippen LogP contribution >= 0.6 is 0 Å². The Kier molecular flexibility index (Phi) is 13.1. The molecule has 2 aromatic carbocycles. The van der Waals surface area contributed by atoms with Crippen molar-refractivity contribution in [1.82, 2.24) is 34.1 Å². The number of para-hydroxylation sites is 1. The number of Topliss-reactive ketones (excluding diaryl/α,β-unsaturated/α-hetero) is 1. The zero-order valence-electron chi connectivity index (χ0n) is 35.4. The zero-order valence-corrected chi connectivity index (χ0v) is 36.2. The molecule has 5 atom stereocenters. The first kappa shape index (κ1) is 44.3. The Labute approximate surface area is 351 Å². The highest BCUT2D eigenvalue weighted by Gasteiger charge is 2.62. The highest BCUT2D eigenvalue weighted by atomic mass is 32.2. The SMILES string of the molecule is CC(C)n1c(O[C@@H]2C[C@H]3C(=O)N[C@]4(C(=O)NS(=O)(=O)N(C)C)C[C@@H]4/C=C\CCCCC[C@H](NC(=O)OC(C)(C)C)C(=O)N3C2)nc2c(C(=O)Cc3ccccc3)cccc21. The molecule has 1 saturated carbocycles. The summed E-state index contributed by atoms with van der Waals surface area (Å²) in [6.45, 7) is 8.98. The third-order valence-electron chi connectivity index (χ3n) is 11.0. The lowest BCUT2D eigenvalue weighted by atomic mass is 10.0. The molecule has 17 heteroatoms. The number of nitrogens with zero attached hydrogens (tertiary/aromatic N) is 4. The molecule has 3 heterocycles. The van der Waals surface area contributed by atoms with Crippen molar-refractivity contribution in [2.45, 2.75) is 121 Å². The van der Waals surface area contributed by atoms with Crippen molar-refractivity contribution in [3.8, 4) is 6.01 Å². The molecule has 1 aliphatic carbocycles. The third kappa shape index (κ3) is 10.0. The third-order valence-corrected chi connectivity index (χ3v) is 12.4. The predicted molar refractivity (Wildman–Crippen MR) is 224 cm³/mol. The second-order valence-electron chi connectivity index (χ2n) is 17.4. The van der Waals surface area contributed by atoms with Gasteiger partial charge in [0.15, 0.2) is 5.78 Å². The maximum absolute atomic E-state index is 14.6. The largest absolute Gasteiger partial charge is 0.459 e. The predicted octanol–water partition coefficient (Wildman–Crippen LogP) is 4.60. The molecular weight excluding hydrogens is 791 g/mol. The molecular formula is C43H57N7O9S. The molecule has 0 spiro atoms. The fourth-order valence-electron chi connectivity index (χ4n) is 7.84. The summed E-state index contributed by atoms with van der Waals surface area (Å²) in [6, 6.07) is 12.6. The van der Waals surface area contributed by atoms with E-state index in [1.165, 1.54) is 19.0 Å². The summed E-state index contributed by atoms with van der Waals surface area (Å²) in [5.74, 6) is -2.71. The van der Waals surface area contributed by atoms with Crippen LogP contribution in [0.2, 0.25) is 0 Å². The van der Waals surface area contributed by atoms with Crippen LogP contribution in [0, 0.1) is 5.92 Å². The number of ether oxygens (including phenoxy) is 2. The standard InChI is InChI=1S/C43H57N7O9S/c1-27(2)50-33-22-16-20-31(35(51)23-28-17-12-11-13-18-28)36(33)45-40(50)58-30-24-34-37(52)46-43(39(54)47-60(56,57)48(6)7)25-29(43)19-14-9-8-10-15-21-32(38(53)49(34)26-30)44-41(55)59-42(3,4)5/h11-14,16-20,22,27,29-30,32,34H,8-10,15,21,23-26H2,1-7H3,(H,44,55)(H,46,52)(H,47,54)/b19-14-/t29-,30+,32-,34-,43+/m0/s1. The number of imidazole rings is 1. The van der Waals surface area contributed by atoms with Crippen molar-refractivity contribution < 1.29 is 41.9 Å². The maximum Gasteiger partial charge on any atom is 0.408 e. The average Bonchev–Trinajstić information content (AvgIpc) is 3.49. The van der Waals surface area contributed by atoms with Crippen LogP contribution in [0.4, 0.5) is 4.79 Å². The molecule has 0 unspecified atom stereocenters. The Morgan fingerprint density at radius 1 is 1.03 bits per heavy atom. The van der Waals surface area contributed by atoms with E-state index in [-0.39, 0.29) is 50.1 Å². The van der Waals surface area contributed by atoms with Crippen LogP contribution in [0.1, 0.15) is 102 Å². The quantitative estimate of drug-likeness (QED) is 0.192. The van der Waals surface area contributed by atoms with Gasteiger partial charge in [0.2, 0.25) is 11.8 Å². The number of allylic oxidation sites excluding steroid dienone is 1. The number of benzene rings is 2. The highest BCUT2D eigenvalue weighted by Crippen LogP contribution is 2.46. The Morgan fingerprint density at radius 2 is 1.77 bits per heavy atom. The van der Waals surface area contributed by atoms with Gasteiger partial charge in [-0.15, -0.1) is 0 Å². The Morgan fingerprint density at radius 3 is 2.45 bits per heavy atom. The van der Waals surface area contributed by atoms with Gasteiger partial charge in [0.25, 0.3) is 11.9 Å². The van der Waals surface area contributed by atoms with Gasteiger partial charge in [0.05, 0.1) is 12.1 Å². The number of nitrogens with one attached hydrogen (secondary N) is 3. The monoisotopic (exact) mass is 847 g/mol. The molecule has 3 aromatic rings. The van der Waals surface area contributed by atoms with Crippen LogP contribution in [-0.2, 0) is 35.8 Å². The maximum atomic E-state index is 14.6. The summed E-state index contributed by atoms with van der Waals surface area (Å²) < 4.78 is 42.5. The minimum absolute atomic E-state index is 0.0218. The van der Waals surface area contributed by atoms with Crippen LogP contribution in [0.5, 0.6) is 6.01 Å². The van der Waals surface area contributed by atoms with Crippen molar-refractivity contribution in [3.05, 3.63) is 71.8 Å². The lowest BCUT2D eigenvalue weighted by Crippen LogP contribution is -2.58. The molecule has 60 heavy (non-hydrogen) atoms. The molecule has 4 amide bonds. The molecule has 324 valence electrons. The van der Waals surface area contributed by atoms with E-state index in [1.807, 2.05) is 67.0 Å². The van der Waals surface area contributed by atoms with Crippen molar-refractivity contribution >= 4 is 50.8 Å². The number of hydrogen-bond acceptors (Lipinski definition) is 10. The van der Waals surface area contributed by atoms with E-state index >= 15 is 0 Å². The van der Waals surface area contributed by atoms with Gasteiger partial charge in [-0.1, -0.05) is 61.4 Å². The van der Waals surface area contributed by atoms with Crippen LogP contribution < -0.4 is 20.1 Å². The van der Waals surface area contributed by atoms with Gasteiger partial charge in [-0.05, 0) is 78.0 Å². The average molecular weight is 848 g/mol. The van der Waals surface area contributed by atoms with Crippen LogP contribution in [0.3, 0.4) is 0 Å². The molecule has 3 N–H and O–H groups in total. The van der Waals surface area contributed by atoms with E-state index in [1.54, 1.807) is 32.9 Å². The van der Waals surface area contributed by atoms with Crippen LogP contribution in [-0.4, -0.2) is 107 Å². The summed E-state index contributed by atoms with van der Waals surface area (Å²) in [4.78, 5) is 75.9. The number of fused-ring (bicyclic) bond motifs is 3. The van der Waals surface area contributed by atoms with Crippen LogP contribution in [0.15, 0.2) is 60.7 Å². The fraction of sp³-hybridized carbons (Fsp3) is 0.535. The molecule has 16 nitrogen and oxygen atoms in total. The van der Waals surface area contributed by atoms with Gasteiger partial charge in [0.1, 0.15) is 34.8 Å². The van der Waals surface area contributed by atoms with Gasteiger partial charge < -0.3 is 25.0 Å². The van der Waals surface area contributed by atoms with E-state index in [2.05, 4.69) is 15.4 Å². The van der Waals surface area contributed by atoms with E-state index in [0.717, 1.165) is 22.7 Å². The first-order chi connectivity index (χ1) is 28.3. The van der Waals surface area contributed by atoms with Gasteiger partial charge in [-0.25, -0.2) is 9.52 Å². The van der Waals surface area contributed by atoms with E-state index in [9.17, 15) is 32.4 Å². The summed E-state index contributed by atoms with van der Waals surface area (Å²) in [5.41, 5.74) is 0.000965. The van der Waals surface area contributed by atoms with Crippen molar-refractivity contribution in [2.75, 3.05) is 20.6 Å². The minimum atomic E-state index is -4.20. The number of rotatable bonds is 10. The topological polar surface area (TPSA) is 198 Å². The second kappa shape index (κ2) is 17.7. The normalized spacial score (nSPS) is 24.4. The van der Waals surface area contributed by atoms with Gasteiger partial charge in [0, 0.05) is 44.5 Å². The summed E-state index contributed by atoms with van der Waals surface area (Å²) in [7, 11) is -1.63. The molecule has 0 bridgehead atoms. The van der Waals surface area contributed by atoms with Gasteiger partial charge in [-0.3, -0.25) is 23.7 Å². The molecule has 2 fully saturated rings. The number of alkyl carbamates (subject to hydrolysis) is 1. The summed E-state index contributed by atoms with van der Waals surface area (Å²) in [6.07, 6.45) is 5.49. The van der Waals surface area contributed by atoms with Gasteiger partial charge in [-0.2, -0.15) is 17.7 Å². The Bertz CT molecular complexity index is 2250. The van der Waals surface area contributed by atoms with E-state index < -0.39 is 69.3 Å². The van der Waals surface area contributed by atoms with Crippen molar-refractivity contribution in [3.63, 3.8) is 0 Å². The Hall–Kier alpha value is -5.29. The highest BCUT2D eigenvalue weighted by molar-refractivity contribution is 7.87. The number of ketones is 1. The fourth-order valence-corrected chi connectivity index (χ4v) is 8.44. The zero-order chi connectivity index (χ0) is 43.6. The van der Waals surface area contributed by atoms with E-state index in [0.29, 0.717) is 29.4 Å². The summed E-state index contributed by atoms with van der Waals surface area (Å²) in [5, 5.41) is 5.59. The smallest absolute Gasteiger partial charge is 0.408 e. The first-order valence-corrected chi connectivity index (χ1v) is 22.0. The molecule has 0 radical (unpaired) electrons. The molecule has 2 aliphatic heterocycles. The van der Waals surface area contributed by atoms with Gasteiger partial charge >= 0.3 is 16.3 Å². The molecule has 6 rings (SSSR count). The summed E-state index contributed by atoms with van der Waals surface area (Å²) >= 11 is 0. The van der Waals surface area contributed by atoms with Crippen molar-refractivity contribution in [2.24, 2.45) is 5.92 Å². The number of hydrogen-bond donors (Lipinski definition) is 3. The Balaban J connectivity index is 1.35. The lowest BCUT2D eigenvalue weighted by molar-refractivity contribution is -0.141. The van der Waals surface area contributed by atoms with Crippen LogP contribution in [0.25, 0.3) is 11.0 Å². The number of carbonyl (C=O) groups is 5. The number of carbonyl (C=O) groups excluding carboxylic acids is 5. The van der Waals surface area contributed by atoms with Crippen molar-refractivity contribution in [1.29, 1.82) is 0 Å². The minimum Gasteiger partial charge on any atom is -0.459 e.